The Bertz CT molecular complexity index is 627. The molecular formula is C17H14O2. The van der Waals surface area contributed by atoms with Gasteiger partial charge < -0.3 is 4.74 Å². The molecule has 0 fully saturated rings. The first-order valence-electron chi connectivity index (χ1n) is 6.30. The zero-order valence-corrected chi connectivity index (χ0v) is 10.7. The molecule has 2 heteroatoms. The number of benzene rings is 2. The minimum absolute atomic E-state index is 0.178. The molecule has 2 nitrogen and oxygen atoms in total. The molecule has 0 bridgehead atoms. The Labute approximate surface area is 112 Å². The van der Waals surface area contributed by atoms with Gasteiger partial charge in [0, 0.05) is 0 Å². The summed E-state index contributed by atoms with van der Waals surface area (Å²) in [4.78, 5) is 12.1. The van der Waals surface area contributed by atoms with E-state index in [1.54, 1.807) is 12.1 Å². The first-order valence-corrected chi connectivity index (χ1v) is 6.30. The molecule has 1 aliphatic rings. The van der Waals surface area contributed by atoms with Gasteiger partial charge in [0.25, 0.3) is 0 Å². The van der Waals surface area contributed by atoms with Crippen molar-refractivity contribution in [3.05, 3.63) is 71.8 Å². The summed E-state index contributed by atoms with van der Waals surface area (Å²) in [5, 5.41) is 0. The second kappa shape index (κ2) is 4.73. The predicted octanol–water partition coefficient (Wildman–Crippen LogP) is 3.70. The lowest BCUT2D eigenvalue weighted by atomic mass is 10.1. The third-order valence-electron chi connectivity index (χ3n) is 3.35. The van der Waals surface area contributed by atoms with E-state index < -0.39 is 0 Å². The minimum atomic E-state index is -0.192. The van der Waals surface area contributed by atoms with E-state index >= 15 is 0 Å². The van der Waals surface area contributed by atoms with E-state index in [9.17, 15) is 4.79 Å². The van der Waals surface area contributed by atoms with E-state index in [1.807, 2.05) is 55.5 Å². The van der Waals surface area contributed by atoms with Crippen LogP contribution in [-0.2, 0) is 4.79 Å². The maximum atomic E-state index is 12.1. The van der Waals surface area contributed by atoms with Gasteiger partial charge in [0.05, 0.1) is 0 Å². The number of hydrogen-bond donors (Lipinski definition) is 0. The van der Waals surface area contributed by atoms with Crippen LogP contribution >= 0.6 is 0 Å². The van der Waals surface area contributed by atoms with Crippen LogP contribution in [-0.4, -0.2) is 5.97 Å². The SMILES string of the molecule is CC1=C(c2ccccc2)C1C(=O)Oc1ccccc1. The summed E-state index contributed by atoms with van der Waals surface area (Å²) in [6.07, 6.45) is 0. The van der Waals surface area contributed by atoms with Crippen molar-refractivity contribution in [2.45, 2.75) is 6.92 Å². The van der Waals surface area contributed by atoms with E-state index in [4.69, 9.17) is 4.74 Å². The van der Waals surface area contributed by atoms with E-state index in [-0.39, 0.29) is 11.9 Å². The standard InChI is InChI=1S/C17H14O2/c1-12-15(13-8-4-2-5-9-13)16(12)17(18)19-14-10-6-3-7-11-14/h2-11,16H,1H3. The Hall–Kier alpha value is -2.35. The molecule has 0 aliphatic heterocycles. The third-order valence-corrected chi connectivity index (χ3v) is 3.35. The number of para-hydroxylation sites is 1. The maximum absolute atomic E-state index is 12.1. The predicted molar refractivity (Wildman–Crippen MR) is 74.6 cm³/mol. The normalized spacial score (nSPS) is 17.2. The molecule has 1 atom stereocenters. The fourth-order valence-electron chi connectivity index (χ4n) is 2.30. The van der Waals surface area contributed by atoms with Gasteiger partial charge in [0.1, 0.15) is 11.7 Å². The highest BCUT2D eigenvalue weighted by atomic mass is 16.5. The highest BCUT2D eigenvalue weighted by Crippen LogP contribution is 2.47. The molecule has 0 N–H and O–H groups in total. The zero-order valence-electron chi connectivity index (χ0n) is 10.7. The average Bonchev–Trinajstić information content (AvgIpc) is 3.12. The molecule has 1 unspecified atom stereocenters. The van der Waals surface area contributed by atoms with Gasteiger partial charge >= 0.3 is 5.97 Å². The zero-order chi connectivity index (χ0) is 13.2. The topological polar surface area (TPSA) is 26.3 Å². The maximum Gasteiger partial charge on any atom is 0.323 e. The first-order chi connectivity index (χ1) is 9.27. The van der Waals surface area contributed by atoms with Crippen molar-refractivity contribution < 1.29 is 9.53 Å². The smallest absolute Gasteiger partial charge is 0.323 e. The molecule has 2 aromatic rings. The van der Waals surface area contributed by atoms with Crippen LogP contribution in [0.4, 0.5) is 0 Å². The van der Waals surface area contributed by atoms with Crippen molar-refractivity contribution in [2.75, 3.05) is 0 Å². The lowest BCUT2D eigenvalue weighted by molar-refractivity contribution is -0.135. The highest BCUT2D eigenvalue weighted by Gasteiger charge is 2.41. The molecule has 0 heterocycles. The Morgan fingerprint density at radius 3 is 2.16 bits per heavy atom. The summed E-state index contributed by atoms with van der Waals surface area (Å²) >= 11 is 0. The van der Waals surface area contributed by atoms with Gasteiger partial charge in [-0.3, -0.25) is 4.79 Å². The van der Waals surface area contributed by atoms with Gasteiger partial charge in [0.2, 0.25) is 0 Å². The highest BCUT2D eigenvalue weighted by molar-refractivity contribution is 6.04. The molecule has 0 amide bonds. The molecule has 0 saturated carbocycles. The Morgan fingerprint density at radius 2 is 1.53 bits per heavy atom. The second-order valence-electron chi connectivity index (χ2n) is 4.63. The Morgan fingerprint density at radius 1 is 0.947 bits per heavy atom. The molecule has 1 aliphatic carbocycles. The van der Waals surface area contributed by atoms with Crippen molar-refractivity contribution in [3.8, 4) is 5.75 Å². The monoisotopic (exact) mass is 250 g/mol. The third kappa shape index (κ3) is 2.29. The summed E-state index contributed by atoms with van der Waals surface area (Å²) in [5.41, 5.74) is 3.31. The fraction of sp³-hybridized carbons (Fsp3) is 0.118. The van der Waals surface area contributed by atoms with Crippen LogP contribution < -0.4 is 4.74 Å². The van der Waals surface area contributed by atoms with Crippen LogP contribution in [0.25, 0.3) is 5.57 Å². The van der Waals surface area contributed by atoms with Gasteiger partial charge in [0.15, 0.2) is 0 Å². The number of carbonyl (C=O) groups excluding carboxylic acids is 1. The number of ether oxygens (including phenoxy) is 1. The summed E-state index contributed by atoms with van der Waals surface area (Å²) in [7, 11) is 0. The van der Waals surface area contributed by atoms with Gasteiger partial charge in [-0.2, -0.15) is 0 Å². The van der Waals surface area contributed by atoms with Crippen LogP contribution in [0, 0.1) is 5.92 Å². The Balaban J connectivity index is 1.71. The van der Waals surface area contributed by atoms with E-state index in [1.165, 1.54) is 0 Å². The second-order valence-corrected chi connectivity index (χ2v) is 4.63. The number of rotatable bonds is 3. The molecule has 0 aromatic heterocycles. The van der Waals surface area contributed by atoms with Crippen molar-refractivity contribution in [3.63, 3.8) is 0 Å². The number of hydrogen-bond acceptors (Lipinski definition) is 2. The molecule has 0 spiro atoms. The quantitative estimate of drug-likeness (QED) is 0.613. The van der Waals surface area contributed by atoms with E-state index in [0.29, 0.717) is 5.75 Å². The van der Waals surface area contributed by atoms with Gasteiger partial charge in [-0.05, 0) is 35.8 Å². The van der Waals surface area contributed by atoms with Crippen LogP contribution in [0.1, 0.15) is 12.5 Å². The molecule has 19 heavy (non-hydrogen) atoms. The Kier molecular flexibility index (Phi) is 2.92. The summed E-state index contributed by atoms with van der Waals surface area (Å²) < 4.78 is 5.38. The van der Waals surface area contributed by atoms with Crippen molar-refractivity contribution in [2.24, 2.45) is 5.92 Å². The minimum Gasteiger partial charge on any atom is -0.426 e. The number of esters is 1. The molecule has 0 saturated heterocycles. The summed E-state index contributed by atoms with van der Waals surface area (Å²) in [6.45, 7) is 1.99. The first kappa shape index (κ1) is 11.7. The largest absolute Gasteiger partial charge is 0.426 e. The van der Waals surface area contributed by atoms with Crippen LogP contribution in [0.3, 0.4) is 0 Å². The molecular weight excluding hydrogens is 236 g/mol. The average molecular weight is 250 g/mol. The van der Waals surface area contributed by atoms with Crippen molar-refractivity contribution >= 4 is 11.5 Å². The molecule has 0 radical (unpaired) electrons. The molecule has 94 valence electrons. The van der Waals surface area contributed by atoms with E-state index in [0.717, 1.165) is 16.7 Å². The lowest BCUT2D eigenvalue weighted by Gasteiger charge is -2.04. The summed E-state index contributed by atoms with van der Waals surface area (Å²) in [5.74, 6) is 0.227. The molecule has 2 aromatic carbocycles. The van der Waals surface area contributed by atoms with Crippen molar-refractivity contribution in [1.82, 2.24) is 0 Å². The van der Waals surface area contributed by atoms with Gasteiger partial charge in [-0.25, -0.2) is 0 Å². The van der Waals surface area contributed by atoms with Crippen molar-refractivity contribution in [1.29, 1.82) is 0 Å². The fourth-order valence-corrected chi connectivity index (χ4v) is 2.30. The molecule has 3 rings (SSSR count). The van der Waals surface area contributed by atoms with Crippen LogP contribution in [0.2, 0.25) is 0 Å². The van der Waals surface area contributed by atoms with Crippen LogP contribution in [0.15, 0.2) is 66.2 Å². The summed E-state index contributed by atoms with van der Waals surface area (Å²) in [6, 6.07) is 19.2. The number of carbonyl (C=O) groups is 1. The van der Waals surface area contributed by atoms with E-state index in [2.05, 4.69) is 0 Å². The van der Waals surface area contributed by atoms with Gasteiger partial charge in [-0.1, -0.05) is 48.5 Å². The van der Waals surface area contributed by atoms with Crippen LogP contribution in [0.5, 0.6) is 5.75 Å². The van der Waals surface area contributed by atoms with Gasteiger partial charge in [-0.15, -0.1) is 0 Å². The lowest BCUT2D eigenvalue weighted by Crippen LogP contribution is -2.12.